The Morgan fingerprint density at radius 3 is 2.83 bits per heavy atom. The summed E-state index contributed by atoms with van der Waals surface area (Å²) in [6.07, 6.45) is 0.983. The van der Waals surface area contributed by atoms with Gasteiger partial charge >= 0.3 is 5.97 Å². The van der Waals surface area contributed by atoms with Gasteiger partial charge in [0.25, 0.3) is 0 Å². The van der Waals surface area contributed by atoms with Gasteiger partial charge in [0.1, 0.15) is 0 Å². The molecule has 0 saturated carbocycles. The van der Waals surface area contributed by atoms with Crippen LogP contribution in [0, 0.1) is 0 Å². The van der Waals surface area contributed by atoms with Crippen LogP contribution in [0.2, 0.25) is 0 Å². The molecule has 1 atom stereocenters. The third-order valence-corrected chi connectivity index (χ3v) is 3.03. The minimum Gasteiger partial charge on any atom is -0.438 e. The molecule has 0 bridgehead atoms. The van der Waals surface area contributed by atoms with Crippen LogP contribution >= 0.6 is 0 Å². The molecule has 0 spiro atoms. The first-order chi connectivity index (χ1) is 8.68. The van der Waals surface area contributed by atoms with Crippen molar-refractivity contribution in [3.05, 3.63) is 35.9 Å². The van der Waals surface area contributed by atoms with Crippen molar-refractivity contribution in [3.8, 4) is 0 Å². The average Bonchev–Trinajstić information content (AvgIpc) is 2.36. The Morgan fingerprint density at radius 2 is 2.11 bits per heavy atom. The van der Waals surface area contributed by atoms with E-state index in [0.717, 1.165) is 5.56 Å². The molecule has 1 aromatic carbocycles. The van der Waals surface area contributed by atoms with Gasteiger partial charge in [0.05, 0.1) is 18.6 Å². The van der Waals surface area contributed by atoms with Crippen LogP contribution in [0.3, 0.4) is 0 Å². The van der Waals surface area contributed by atoms with Crippen LogP contribution in [-0.2, 0) is 25.6 Å². The van der Waals surface area contributed by atoms with Gasteiger partial charge in [-0.05, 0) is 12.5 Å². The first kappa shape index (κ1) is 13.1. The van der Waals surface area contributed by atoms with Gasteiger partial charge in [0, 0.05) is 13.0 Å². The molecule has 98 valence electrons. The Hall–Kier alpha value is -1.39. The number of esters is 1. The molecule has 0 aliphatic carbocycles. The Balaban J connectivity index is 1.70. The molecule has 0 radical (unpaired) electrons. The smallest absolute Gasteiger partial charge is 0.310 e. The van der Waals surface area contributed by atoms with Gasteiger partial charge < -0.3 is 14.2 Å². The minimum atomic E-state index is -0.452. The number of ether oxygens (including phenoxy) is 3. The van der Waals surface area contributed by atoms with E-state index in [0.29, 0.717) is 26.1 Å². The second kappa shape index (κ2) is 5.98. The summed E-state index contributed by atoms with van der Waals surface area (Å²) in [6.45, 7) is 3.12. The van der Waals surface area contributed by atoms with Crippen LogP contribution in [0.1, 0.15) is 25.3 Å². The molecule has 1 aliphatic rings. The highest BCUT2D eigenvalue weighted by Crippen LogP contribution is 2.24. The molecule has 1 fully saturated rings. The van der Waals surface area contributed by atoms with Gasteiger partial charge in [-0.25, -0.2) is 0 Å². The van der Waals surface area contributed by atoms with E-state index >= 15 is 0 Å². The standard InChI is InChI=1S/C14H18O4/c1-14(9-13(15)17-11-18-14)7-8-16-10-12-5-3-2-4-6-12/h2-6H,7-11H2,1H3/t14-/m1/s1. The molecule has 0 aromatic heterocycles. The van der Waals surface area contributed by atoms with Gasteiger partial charge in [-0.15, -0.1) is 0 Å². The van der Waals surface area contributed by atoms with Gasteiger partial charge in [-0.1, -0.05) is 30.3 Å². The Labute approximate surface area is 107 Å². The first-order valence-corrected chi connectivity index (χ1v) is 6.09. The fraction of sp³-hybridized carbons (Fsp3) is 0.500. The molecule has 0 unspecified atom stereocenters. The highest BCUT2D eigenvalue weighted by molar-refractivity contribution is 5.71. The van der Waals surface area contributed by atoms with Crippen LogP contribution < -0.4 is 0 Å². The molecular formula is C14H18O4. The highest BCUT2D eigenvalue weighted by atomic mass is 16.7. The number of carbonyl (C=O) groups excluding carboxylic acids is 1. The second-order valence-corrected chi connectivity index (χ2v) is 4.69. The summed E-state index contributed by atoms with van der Waals surface area (Å²) in [6, 6.07) is 10.00. The first-order valence-electron chi connectivity index (χ1n) is 6.09. The van der Waals surface area contributed by atoms with Gasteiger partial charge in [0.2, 0.25) is 0 Å². The maximum atomic E-state index is 11.2. The van der Waals surface area contributed by atoms with Crippen molar-refractivity contribution in [3.63, 3.8) is 0 Å². The predicted octanol–water partition coefficient (Wildman–Crippen LogP) is 2.27. The topological polar surface area (TPSA) is 44.8 Å². The van der Waals surface area contributed by atoms with Crippen LogP contribution in [0.5, 0.6) is 0 Å². The summed E-state index contributed by atoms with van der Waals surface area (Å²) in [5.41, 5.74) is 0.693. The van der Waals surface area contributed by atoms with E-state index in [4.69, 9.17) is 14.2 Å². The lowest BCUT2D eigenvalue weighted by Crippen LogP contribution is -2.39. The molecule has 2 rings (SSSR count). The van der Waals surface area contributed by atoms with E-state index in [1.807, 2.05) is 37.3 Å². The van der Waals surface area contributed by atoms with E-state index in [1.165, 1.54) is 0 Å². The SMILES string of the molecule is C[C@@]1(CCOCc2ccccc2)CC(=O)OCO1. The third-order valence-electron chi connectivity index (χ3n) is 3.03. The Kier molecular flexibility index (Phi) is 4.33. The van der Waals surface area contributed by atoms with Crippen molar-refractivity contribution >= 4 is 5.97 Å². The lowest BCUT2D eigenvalue weighted by molar-refractivity contribution is -0.203. The van der Waals surface area contributed by atoms with E-state index < -0.39 is 5.60 Å². The van der Waals surface area contributed by atoms with Crippen LogP contribution in [0.15, 0.2) is 30.3 Å². The van der Waals surface area contributed by atoms with Crippen molar-refractivity contribution in [2.45, 2.75) is 32.0 Å². The van der Waals surface area contributed by atoms with Crippen molar-refractivity contribution in [1.29, 1.82) is 0 Å². The van der Waals surface area contributed by atoms with Crippen LogP contribution in [0.4, 0.5) is 0 Å². The molecule has 18 heavy (non-hydrogen) atoms. The van der Waals surface area contributed by atoms with Gasteiger partial charge in [0.15, 0.2) is 6.79 Å². The molecule has 4 heteroatoms. The van der Waals surface area contributed by atoms with Crippen molar-refractivity contribution < 1.29 is 19.0 Å². The number of hydrogen-bond acceptors (Lipinski definition) is 4. The maximum absolute atomic E-state index is 11.2. The number of hydrogen-bond donors (Lipinski definition) is 0. The lowest BCUT2D eigenvalue weighted by atomic mass is 9.98. The highest BCUT2D eigenvalue weighted by Gasteiger charge is 2.33. The predicted molar refractivity (Wildman–Crippen MR) is 65.8 cm³/mol. The van der Waals surface area contributed by atoms with Crippen molar-refractivity contribution in [2.75, 3.05) is 13.4 Å². The minimum absolute atomic E-state index is 0.0496. The molecule has 0 N–H and O–H groups in total. The summed E-state index contributed by atoms with van der Waals surface area (Å²) in [5, 5.41) is 0. The molecule has 1 heterocycles. The zero-order chi connectivity index (χ0) is 12.8. The largest absolute Gasteiger partial charge is 0.438 e. The van der Waals surface area contributed by atoms with E-state index in [9.17, 15) is 4.79 Å². The van der Waals surface area contributed by atoms with Gasteiger partial charge in [-0.3, -0.25) is 4.79 Å². The Morgan fingerprint density at radius 1 is 1.33 bits per heavy atom. The average molecular weight is 250 g/mol. The summed E-state index contributed by atoms with van der Waals surface area (Å²) in [4.78, 5) is 11.2. The van der Waals surface area contributed by atoms with Crippen molar-refractivity contribution in [1.82, 2.24) is 0 Å². The molecular weight excluding hydrogens is 232 g/mol. The summed E-state index contributed by atoms with van der Waals surface area (Å²) in [7, 11) is 0. The lowest BCUT2D eigenvalue weighted by Gasteiger charge is -2.32. The molecule has 1 aliphatic heterocycles. The summed E-state index contributed by atoms with van der Waals surface area (Å²) >= 11 is 0. The normalized spacial score (nSPS) is 23.7. The third kappa shape index (κ3) is 3.82. The quantitative estimate of drug-likeness (QED) is 0.594. The molecule has 1 aromatic rings. The van der Waals surface area contributed by atoms with E-state index in [1.54, 1.807) is 0 Å². The zero-order valence-corrected chi connectivity index (χ0v) is 10.6. The maximum Gasteiger partial charge on any atom is 0.310 e. The monoisotopic (exact) mass is 250 g/mol. The number of cyclic esters (lactones) is 1. The van der Waals surface area contributed by atoms with Crippen LogP contribution in [-0.4, -0.2) is 25.0 Å². The molecule has 4 nitrogen and oxygen atoms in total. The number of carbonyl (C=O) groups is 1. The fourth-order valence-corrected chi connectivity index (χ4v) is 1.86. The second-order valence-electron chi connectivity index (χ2n) is 4.69. The summed E-state index contributed by atoms with van der Waals surface area (Å²) in [5.74, 6) is -0.202. The van der Waals surface area contributed by atoms with Crippen LogP contribution in [0.25, 0.3) is 0 Å². The summed E-state index contributed by atoms with van der Waals surface area (Å²) < 4.78 is 15.8. The van der Waals surface area contributed by atoms with Crippen molar-refractivity contribution in [2.24, 2.45) is 0 Å². The van der Waals surface area contributed by atoms with Gasteiger partial charge in [-0.2, -0.15) is 0 Å². The number of benzene rings is 1. The molecule has 0 amide bonds. The van der Waals surface area contributed by atoms with E-state index in [-0.39, 0.29) is 12.8 Å². The fourth-order valence-electron chi connectivity index (χ4n) is 1.86. The van der Waals surface area contributed by atoms with E-state index in [2.05, 4.69) is 0 Å². The molecule has 1 saturated heterocycles. The zero-order valence-electron chi connectivity index (χ0n) is 10.6. The Bertz CT molecular complexity index is 390. The number of rotatable bonds is 5.